The van der Waals surface area contributed by atoms with Crippen molar-refractivity contribution in [3.8, 4) is 0 Å². The molecule has 3 nitrogen and oxygen atoms in total. The molecule has 0 saturated heterocycles. The Morgan fingerprint density at radius 1 is 0.520 bits per heavy atom. The second-order valence-electron chi connectivity index (χ2n) is 5.55. The molecule has 0 spiro atoms. The van der Waals surface area contributed by atoms with E-state index in [-0.39, 0.29) is 24.8 Å². The summed E-state index contributed by atoms with van der Waals surface area (Å²) in [4.78, 5) is 0. The molecule has 25 heavy (non-hydrogen) atoms. The van der Waals surface area contributed by atoms with Crippen molar-refractivity contribution < 1.29 is 4.42 Å². The summed E-state index contributed by atoms with van der Waals surface area (Å²) in [5, 5.41) is 6.80. The standard InChI is InChI=1S/C20H22N2O.2ClH/c1-3-7-17(8-4-1)13-21-15-19-11-12-20(23-19)16-22-14-18-9-5-2-6-10-18;;/h1-12,21-22H,13-16H2;2*1H. The quantitative estimate of drug-likeness (QED) is 0.596. The first kappa shape index (κ1) is 21.3. The third kappa shape index (κ3) is 7.32. The molecule has 0 amide bonds. The Balaban J connectivity index is 0.00000156. The van der Waals surface area contributed by atoms with Crippen molar-refractivity contribution in [3.05, 3.63) is 95.4 Å². The van der Waals surface area contributed by atoms with Gasteiger partial charge in [0.2, 0.25) is 0 Å². The van der Waals surface area contributed by atoms with Crippen molar-refractivity contribution in [2.75, 3.05) is 0 Å². The number of halogens is 2. The van der Waals surface area contributed by atoms with Crippen LogP contribution in [0, 0.1) is 0 Å². The van der Waals surface area contributed by atoms with Crippen LogP contribution < -0.4 is 10.6 Å². The van der Waals surface area contributed by atoms with Gasteiger partial charge in [-0.2, -0.15) is 0 Å². The van der Waals surface area contributed by atoms with Gasteiger partial charge in [-0.25, -0.2) is 0 Å². The highest BCUT2D eigenvalue weighted by atomic mass is 35.5. The fourth-order valence-corrected chi connectivity index (χ4v) is 2.46. The van der Waals surface area contributed by atoms with E-state index in [0.29, 0.717) is 0 Å². The third-order valence-electron chi connectivity index (χ3n) is 3.66. The Morgan fingerprint density at radius 2 is 0.920 bits per heavy atom. The molecule has 3 rings (SSSR count). The van der Waals surface area contributed by atoms with Crippen LogP contribution in [0.25, 0.3) is 0 Å². The first-order chi connectivity index (χ1) is 11.4. The molecule has 2 aromatic carbocycles. The van der Waals surface area contributed by atoms with Gasteiger partial charge in [0.05, 0.1) is 13.1 Å². The molecule has 0 bridgehead atoms. The molecule has 0 atom stereocenters. The zero-order valence-corrected chi connectivity index (χ0v) is 15.6. The molecule has 0 fully saturated rings. The number of hydrogen-bond acceptors (Lipinski definition) is 3. The summed E-state index contributed by atoms with van der Waals surface area (Å²) >= 11 is 0. The minimum atomic E-state index is 0. The maximum atomic E-state index is 5.83. The molecule has 134 valence electrons. The Bertz CT molecular complexity index is 642. The fourth-order valence-electron chi connectivity index (χ4n) is 2.46. The summed E-state index contributed by atoms with van der Waals surface area (Å²) in [6, 6.07) is 24.8. The van der Waals surface area contributed by atoms with Crippen LogP contribution >= 0.6 is 24.8 Å². The average molecular weight is 379 g/mol. The monoisotopic (exact) mass is 378 g/mol. The molecule has 1 aromatic heterocycles. The van der Waals surface area contributed by atoms with E-state index in [1.165, 1.54) is 11.1 Å². The largest absolute Gasteiger partial charge is 0.463 e. The maximum absolute atomic E-state index is 5.83. The Labute approximate surface area is 161 Å². The molecule has 3 aromatic rings. The van der Waals surface area contributed by atoms with E-state index in [4.69, 9.17) is 4.42 Å². The average Bonchev–Trinajstić information content (AvgIpc) is 3.05. The van der Waals surface area contributed by atoms with E-state index in [0.717, 1.165) is 37.7 Å². The van der Waals surface area contributed by atoms with Crippen LogP contribution in [0.5, 0.6) is 0 Å². The topological polar surface area (TPSA) is 37.2 Å². The van der Waals surface area contributed by atoms with Gasteiger partial charge < -0.3 is 15.1 Å². The number of rotatable bonds is 8. The highest BCUT2D eigenvalue weighted by Crippen LogP contribution is 2.08. The molecule has 1 heterocycles. The zero-order valence-electron chi connectivity index (χ0n) is 14.0. The minimum Gasteiger partial charge on any atom is -0.463 e. The zero-order chi connectivity index (χ0) is 15.7. The predicted molar refractivity (Wildman–Crippen MR) is 107 cm³/mol. The highest BCUT2D eigenvalue weighted by molar-refractivity contribution is 5.85. The van der Waals surface area contributed by atoms with Crippen LogP contribution in [0.4, 0.5) is 0 Å². The summed E-state index contributed by atoms with van der Waals surface area (Å²) in [5.74, 6) is 1.94. The molecule has 0 saturated carbocycles. The number of hydrogen-bond donors (Lipinski definition) is 2. The van der Waals surface area contributed by atoms with Crippen molar-refractivity contribution in [2.45, 2.75) is 26.2 Å². The van der Waals surface area contributed by atoms with Crippen molar-refractivity contribution in [1.29, 1.82) is 0 Å². The second kappa shape index (κ2) is 11.7. The smallest absolute Gasteiger partial charge is 0.118 e. The summed E-state index contributed by atoms with van der Waals surface area (Å²) in [5.41, 5.74) is 2.56. The lowest BCUT2D eigenvalue weighted by Crippen LogP contribution is -2.13. The van der Waals surface area contributed by atoms with E-state index >= 15 is 0 Å². The SMILES string of the molecule is Cl.Cl.c1ccc(CNCc2ccc(CNCc3ccccc3)o2)cc1. The minimum absolute atomic E-state index is 0. The van der Waals surface area contributed by atoms with Crippen LogP contribution in [-0.2, 0) is 26.2 Å². The number of furan rings is 1. The maximum Gasteiger partial charge on any atom is 0.118 e. The van der Waals surface area contributed by atoms with E-state index in [9.17, 15) is 0 Å². The van der Waals surface area contributed by atoms with Gasteiger partial charge in [0, 0.05) is 13.1 Å². The van der Waals surface area contributed by atoms with Crippen LogP contribution in [-0.4, -0.2) is 0 Å². The molecule has 2 N–H and O–H groups in total. The number of nitrogens with one attached hydrogen (secondary N) is 2. The molecular formula is C20H24Cl2N2O. The van der Waals surface area contributed by atoms with E-state index in [2.05, 4.69) is 59.2 Å². The molecule has 0 aliphatic rings. The van der Waals surface area contributed by atoms with Crippen molar-refractivity contribution in [2.24, 2.45) is 0 Å². The highest BCUT2D eigenvalue weighted by Gasteiger charge is 2.02. The Hall–Kier alpha value is -1.78. The lowest BCUT2D eigenvalue weighted by Gasteiger charge is -2.04. The lowest BCUT2D eigenvalue weighted by atomic mass is 10.2. The summed E-state index contributed by atoms with van der Waals surface area (Å²) in [6.45, 7) is 3.19. The lowest BCUT2D eigenvalue weighted by molar-refractivity contribution is 0.432. The first-order valence-electron chi connectivity index (χ1n) is 7.97. The normalized spacial score (nSPS) is 9.92. The van der Waals surface area contributed by atoms with Crippen LogP contribution in [0.15, 0.2) is 77.2 Å². The van der Waals surface area contributed by atoms with Gasteiger partial charge in [-0.15, -0.1) is 24.8 Å². The molecule has 0 aliphatic carbocycles. The fraction of sp³-hybridized carbons (Fsp3) is 0.200. The third-order valence-corrected chi connectivity index (χ3v) is 3.66. The van der Waals surface area contributed by atoms with E-state index in [1.807, 2.05) is 24.3 Å². The van der Waals surface area contributed by atoms with Crippen LogP contribution in [0.1, 0.15) is 22.6 Å². The Morgan fingerprint density at radius 3 is 1.32 bits per heavy atom. The number of benzene rings is 2. The first-order valence-corrected chi connectivity index (χ1v) is 7.97. The molecule has 5 heteroatoms. The predicted octanol–water partition coefficient (Wildman–Crippen LogP) is 4.70. The van der Waals surface area contributed by atoms with Gasteiger partial charge in [-0.05, 0) is 23.3 Å². The molecule has 0 unspecified atom stereocenters. The van der Waals surface area contributed by atoms with Crippen molar-refractivity contribution in [1.82, 2.24) is 10.6 Å². The van der Waals surface area contributed by atoms with Crippen molar-refractivity contribution >= 4 is 24.8 Å². The van der Waals surface area contributed by atoms with Gasteiger partial charge in [0.25, 0.3) is 0 Å². The Kier molecular flexibility index (Phi) is 9.97. The van der Waals surface area contributed by atoms with Crippen LogP contribution in [0.2, 0.25) is 0 Å². The van der Waals surface area contributed by atoms with Gasteiger partial charge in [0.1, 0.15) is 11.5 Å². The second-order valence-corrected chi connectivity index (χ2v) is 5.55. The molecule has 0 radical (unpaired) electrons. The molecule has 0 aliphatic heterocycles. The van der Waals surface area contributed by atoms with Gasteiger partial charge in [-0.1, -0.05) is 60.7 Å². The van der Waals surface area contributed by atoms with Gasteiger partial charge >= 0.3 is 0 Å². The molecular weight excluding hydrogens is 355 g/mol. The van der Waals surface area contributed by atoms with E-state index < -0.39 is 0 Å². The summed E-state index contributed by atoms with van der Waals surface area (Å²) in [6.07, 6.45) is 0. The van der Waals surface area contributed by atoms with Crippen molar-refractivity contribution in [3.63, 3.8) is 0 Å². The van der Waals surface area contributed by atoms with Crippen LogP contribution in [0.3, 0.4) is 0 Å². The summed E-state index contributed by atoms with van der Waals surface area (Å²) in [7, 11) is 0. The summed E-state index contributed by atoms with van der Waals surface area (Å²) < 4.78 is 5.83. The van der Waals surface area contributed by atoms with Gasteiger partial charge in [0.15, 0.2) is 0 Å². The van der Waals surface area contributed by atoms with E-state index in [1.54, 1.807) is 0 Å². The van der Waals surface area contributed by atoms with Gasteiger partial charge in [-0.3, -0.25) is 0 Å².